The van der Waals surface area contributed by atoms with Crippen molar-refractivity contribution in [1.82, 2.24) is 15.4 Å². The monoisotopic (exact) mass is 220 g/mol. The van der Waals surface area contributed by atoms with E-state index in [4.69, 9.17) is 4.52 Å². The highest BCUT2D eigenvalue weighted by Crippen LogP contribution is 2.17. The molecule has 2 rings (SSSR count). The van der Waals surface area contributed by atoms with Crippen LogP contribution >= 0.6 is 0 Å². The summed E-state index contributed by atoms with van der Waals surface area (Å²) >= 11 is 0. The largest absolute Gasteiger partial charge is 0.361 e. The van der Waals surface area contributed by atoms with Gasteiger partial charge in [-0.05, 0) is 20.8 Å². The number of aromatic amines is 1. The average Bonchev–Trinajstić information content (AvgIpc) is 2.79. The van der Waals surface area contributed by atoms with Crippen LogP contribution < -0.4 is 5.32 Å². The Morgan fingerprint density at radius 1 is 1.44 bits per heavy atom. The van der Waals surface area contributed by atoms with Gasteiger partial charge in [0.2, 0.25) is 0 Å². The molecule has 0 saturated heterocycles. The van der Waals surface area contributed by atoms with Gasteiger partial charge in [0, 0.05) is 6.07 Å². The van der Waals surface area contributed by atoms with Crippen LogP contribution in [0.3, 0.4) is 0 Å². The highest BCUT2D eigenvalue weighted by atomic mass is 16.5. The van der Waals surface area contributed by atoms with Gasteiger partial charge in [0.05, 0.1) is 17.1 Å². The quantitative estimate of drug-likeness (QED) is 0.804. The molecule has 2 heterocycles. The zero-order valence-corrected chi connectivity index (χ0v) is 9.29. The maximum absolute atomic E-state index is 11.8. The van der Waals surface area contributed by atoms with E-state index in [-0.39, 0.29) is 11.6 Å². The average molecular weight is 220 g/mol. The van der Waals surface area contributed by atoms with E-state index in [9.17, 15) is 4.79 Å². The number of anilines is 1. The number of amides is 1. The lowest BCUT2D eigenvalue weighted by Gasteiger charge is -2.01. The van der Waals surface area contributed by atoms with Gasteiger partial charge in [0.15, 0.2) is 5.69 Å². The van der Waals surface area contributed by atoms with Crippen LogP contribution in [0.25, 0.3) is 0 Å². The van der Waals surface area contributed by atoms with Gasteiger partial charge in [0.25, 0.3) is 5.91 Å². The van der Waals surface area contributed by atoms with Crippen molar-refractivity contribution in [3.8, 4) is 0 Å². The fourth-order valence-electron chi connectivity index (χ4n) is 1.39. The molecule has 1 amide bonds. The highest BCUT2D eigenvalue weighted by Gasteiger charge is 2.14. The summed E-state index contributed by atoms with van der Waals surface area (Å²) in [5.74, 6) is 0.301. The van der Waals surface area contributed by atoms with Crippen LogP contribution in [-0.4, -0.2) is 21.3 Å². The van der Waals surface area contributed by atoms with Crippen LogP contribution in [0.4, 0.5) is 5.69 Å². The summed E-state index contributed by atoms with van der Waals surface area (Å²) in [7, 11) is 0. The van der Waals surface area contributed by atoms with Crippen molar-refractivity contribution < 1.29 is 9.32 Å². The summed E-state index contributed by atoms with van der Waals surface area (Å²) in [5, 5.41) is 13.1. The SMILES string of the molecule is Cc1cc(C(=O)Nc2c(C)n[nH]c2C)no1. The van der Waals surface area contributed by atoms with Crippen molar-refractivity contribution in [2.45, 2.75) is 20.8 Å². The van der Waals surface area contributed by atoms with Gasteiger partial charge in [-0.25, -0.2) is 0 Å². The van der Waals surface area contributed by atoms with Crippen molar-refractivity contribution in [2.75, 3.05) is 5.32 Å². The van der Waals surface area contributed by atoms with Gasteiger partial charge < -0.3 is 9.84 Å². The lowest BCUT2D eigenvalue weighted by molar-refractivity contribution is 0.101. The Hall–Kier alpha value is -2.11. The molecule has 0 radical (unpaired) electrons. The number of hydrogen-bond donors (Lipinski definition) is 2. The number of carbonyl (C=O) groups is 1. The fourth-order valence-corrected chi connectivity index (χ4v) is 1.39. The van der Waals surface area contributed by atoms with E-state index in [0.29, 0.717) is 11.4 Å². The topological polar surface area (TPSA) is 83.8 Å². The van der Waals surface area contributed by atoms with E-state index < -0.39 is 0 Å². The van der Waals surface area contributed by atoms with Crippen LogP contribution in [0.5, 0.6) is 0 Å². The molecule has 0 fully saturated rings. The number of aryl methyl sites for hydroxylation is 3. The summed E-state index contributed by atoms with van der Waals surface area (Å²) < 4.78 is 4.83. The standard InChI is InChI=1S/C10H12N4O2/c1-5-4-8(14-16-5)10(15)11-9-6(2)12-13-7(9)3/h4H,1-3H3,(H,11,15)(H,12,13). The van der Waals surface area contributed by atoms with Crippen LogP contribution in [0.1, 0.15) is 27.6 Å². The van der Waals surface area contributed by atoms with Crippen molar-refractivity contribution in [1.29, 1.82) is 0 Å². The van der Waals surface area contributed by atoms with Crippen LogP contribution in [0.15, 0.2) is 10.6 Å². The molecule has 0 aliphatic heterocycles. The second kappa shape index (κ2) is 3.80. The molecule has 0 aliphatic carbocycles. The molecule has 0 saturated carbocycles. The van der Waals surface area contributed by atoms with Gasteiger partial charge >= 0.3 is 0 Å². The Morgan fingerprint density at radius 3 is 2.69 bits per heavy atom. The van der Waals surface area contributed by atoms with E-state index in [1.807, 2.05) is 13.8 Å². The Balaban J connectivity index is 2.20. The van der Waals surface area contributed by atoms with E-state index >= 15 is 0 Å². The molecule has 0 aromatic carbocycles. The van der Waals surface area contributed by atoms with Gasteiger partial charge in [-0.1, -0.05) is 5.16 Å². The molecular formula is C10H12N4O2. The molecule has 6 heteroatoms. The third-order valence-electron chi connectivity index (χ3n) is 2.23. The summed E-state index contributed by atoms with van der Waals surface area (Å²) in [4.78, 5) is 11.8. The van der Waals surface area contributed by atoms with Crippen molar-refractivity contribution in [3.05, 3.63) is 28.9 Å². The molecule has 6 nitrogen and oxygen atoms in total. The lowest BCUT2D eigenvalue weighted by atomic mass is 10.3. The maximum Gasteiger partial charge on any atom is 0.277 e. The molecule has 0 unspecified atom stereocenters. The van der Waals surface area contributed by atoms with Crippen LogP contribution in [-0.2, 0) is 0 Å². The second-order valence-electron chi connectivity index (χ2n) is 3.59. The number of carbonyl (C=O) groups excluding carboxylic acids is 1. The van der Waals surface area contributed by atoms with Gasteiger partial charge in [-0.15, -0.1) is 0 Å². The number of hydrogen-bond acceptors (Lipinski definition) is 4. The molecule has 16 heavy (non-hydrogen) atoms. The van der Waals surface area contributed by atoms with Gasteiger partial charge in [-0.2, -0.15) is 5.10 Å². The molecule has 2 N–H and O–H groups in total. The molecule has 0 spiro atoms. The zero-order valence-electron chi connectivity index (χ0n) is 9.29. The molecule has 0 aliphatic rings. The first-order valence-corrected chi connectivity index (χ1v) is 4.84. The van der Waals surface area contributed by atoms with E-state index in [0.717, 1.165) is 11.4 Å². The van der Waals surface area contributed by atoms with Crippen molar-refractivity contribution in [3.63, 3.8) is 0 Å². The summed E-state index contributed by atoms with van der Waals surface area (Å²) in [6, 6.07) is 1.58. The fraction of sp³-hybridized carbons (Fsp3) is 0.300. The van der Waals surface area contributed by atoms with Gasteiger partial charge in [-0.3, -0.25) is 9.89 Å². The summed E-state index contributed by atoms with van der Waals surface area (Å²) in [6.45, 7) is 5.38. The predicted molar refractivity (Wildman–Crippen MR) is 57.3 cm³/mol. The molecule has 0 bridgehead atoms. The van der Waals surface area contributed by atoms with E-state index in [1.165, 1.54) is 0 Å². The minimum atomic E-state index is -0.301. The van der Waals surface area contributed by atoms with Crippen molar-refractivity contribution >= 4 is 11.6 Å². The highest BCUT2D eigenvalue weighted by molar-refractivity contribution is 6.03. The number of nitrogens with zero attached hydrogens (tertiary/aromatic N) is 2. The number of rotatable bonds is 2. The Morgan fingerprint density at radius 2 is 2.19 bits per heavy atom. The summed E-state index contributed by atoms with van der Waals surface area (Å²) in [5.41, 5.74) is 2.50. The van der Waals surface area contributed by atoms with Gasteiger partial charge in [0.1, 0.15) is 5.76 Å². The van der Waals surface area contributed by atoms with Crippen LogP contribution in [0, 0.1) is 20.8 Å². The Bertz CT molecular complexity index is 507. The first-order chi connectivity index (χ1) is 7.58. The zero-order chi connectivity index (χ0) is 11.7. The minimum absolute atomic E-state index is 0.262. The number of aromatic nitrogens is 3. The van der Waals surface area contributed by atoms with E-state index in [2.05, 4.69) is 20.7 Å². The third kappa shape index (κ3) is 1.81. The number of H-pyrrole nitrogens is 1. The molecule has 2 aromatic heterocycles. The predicted octanol–water partition coefficient (Wildman–Crippen LogP) is 1.58. The van der Waals surface area contributed by atoms with Crippen LogP contribution in [0.2, 0.25) is 0 Å². The third-order valence-corrected chi connectivity index (χ3v) is 2.23. The Kier molecular flexibility index (Phi) is 2.47. The molecule has 84 valence electrons. The Labute approximate surface area is 92.0 Å². The lowest BCUT2D eigenvalue weighted by Crippen LogP contribution is -2.13. The molecular weight excluding hydrogens is 208 g/mol. The maximum atomic E-state index is 11.8. The number of nitrogens with one attached hydrogen (secondary N) is 2. The minimum Gasteiger partial charge on any atom is -0.361 e. The molecule has 2 aromatic rings. The first-order valence-electron chi connectivity index (χ1n) is 4.84. The normalized spacial score (nSPS) is 10.4. The van der Waals surface area contributed by atoms with E-state index in [1.54, 1.807) is 13.0 Å². The smallest absolute Gasteiger partial charge is 0.277 e. The summed E-state index contributed by atoms with van der Waals surface area (Å²) in [6.07, 6.45) is 0. The second-order valence-corrected chi connectivity index (χ2v) is 3.59. The first kappa shape index (κ1) is 10.4. The van der Waals surface area contributed by atoms with Crippen molar-refractivity contribution in [2.24, 2.45) is 0 Å². The molecule has 0 atom stereocenters.